The van der Waals surface area contributed by atoms with Crippen molar-refractivity contribution in [3.05, 3.63) is 70.9 Å². The molecule has 2 rings (SSSR count). The van der Waals surface area contributed by atoms with Gasteiger partial charge in [-0.3, -0.25) is 0 Å². The summed E-state index contributed by atoms with van der Waals surface area (Å²) in [5, 5.41) is 4.03. The van der Waals surface area contributed by atoms with Crippen LogP contribution in [0, 0.1) is 0 Å². The maximum Gasteiger partial charge on any atom is 0.126 e. The Bertz CT molecular complexity index is 666. The van der Waals surface area contributed by atoms with Crippen molar-refractivity contribution >= 4 is 17.2 Å². The van der Waals surface area contributed by atoms with Crippen LogP contribution >= 0.6 is 11.6 Å². The fourth-order valence-electron chi connectivity index (χ4n) is 2.43. The highest BCUT2D eigenvalue weighted by molar-refractivity contribution is 6.31. The highest BCUT2D eigenvalue weighted by Gasteiger charge is 2.12. The van der Waals surface area contributed by atoms with Gasteiger partial charge in [0.15, 0.2) is 0 Å². The summed E-state index contributed by atoms with van der Waals surface area (Å²) in [5.74, 6) is 1.13. The first-order valence-corrected chi connectivity index (χ1v) is 8.38. The second-order valence-electron chi connectivity index (χ2n) is 5.61. The van der Waals surface area contributed by atoms with Gasteiger partial charge >= 0.3 is 0 Å². The zero-order valence-corrected chi connectivity index (χ0v) is 14.7. The first-order chi connectivity index (χ1) is 11.1. The molecule has 1 N–H and O–H groups in total. The van der Waals surface area contributed by atoms with E-state index in [1.54, 1.807) is 0 Å². The Labute approximate surface area is 144 Å². The molecule has 3 heteroatoms. The quantitative estimate of drug-likeness (QED) is 0.725. The molecule has 0 aromatic heterocycles. The molecule has 23 heavy (non-hydrogen) atoms. The average molecular weight is 330 g/mol. The lowest BCUT2D eigenvalue weighted by Gasteiger charge is -2.17. The zero-order valence-electron chi connectivity index (χ0n) is 14.0. The second-order valence-corrected chi connectivity index (χ2v) is 6.02. The number of hydrogen-bond donors (Lipinski definition) is 1. The fraction of sp³-hybridized carbons (Fsp3) is 0.300. The van der Waals surface area contributed by atoms with Gasteiger partial charge in [-0.05, 0) is 37.1 Å². The van der Waals surface area contributed by atoms with Gasteiger partial charge in [-0.15, -0.1) is 0 Å². The van der Waals surface area contributed by atoms with Crippen LogP contribution < -0.4 is 10.1 Å². The molecule has 2 nitrogen and oxygen atoms in total. The number of allylic oxidation sites excluding steroid dienone is 1. The summed E-state index contributed by atoms with van der Waals surface area (Å²) in [7, 11) is 0. The van der Waals surface area contributed by atoms with Gasteiger partial charge in [-0.1, -0.05) is 54.9 Å². The van der Waals surface area contributed by atoms with Gasteiger partial charge in [0.1, 0.15) is 5.75 Å². The molecule has 0 saturated heterocycles. The molecule has 0 bridgehead atoms. The van der Waals surface area contributed by atoms with E-state index >= 15 is 0 Å². The Hall–Kier alpha value is -1.93. The van der Waals surface area contributed by atoms with Crippen molar-refractivity contribution in [2.24, 2.45) is 0 Å². The van der Waals surface area contributed by atoms with Crippen molar-refractivity contribution in [1.82, 2.24) is 5.32 Å². The third kappa shape index (κ3) is 4.77. The van der Waals surface area contributed by atoms with Crippen molar-refractivity contribution in [1.29, 1.82) is 0 Å². The Kier molecular flexibility index (Phi) is 6.54. The van der Waals surface area contributed by atoms with E-state index in [1.807, 2.05) is 42.6 Å². The maximum absolute atomic E-state index is 6.27. The molecule has 0 radical (unpaired) electrons. The van der Waals surface area contributed by atoms with Crippen LogP contribution in [0.1, 0.15) is 37.8 Å². The van der Waals surface area contributed by atoms with E-state index in [-0.39, 0.29) is 5.92 Å². The predicted octanol–water partition coefficient (Wildman–Crippen LogP) is 5.49. The van der Waals surface area contributed by atoms with Crippen LogP contribution in [0.25, 0.3) is 5.57 Å². The molecule has 0 aliphatic rings. The average Bonchev–Trinajstić information content (AvgIpc) is 2.58. The largest absolute Gasteiger partial charge is 0.492 e. The van der Waals surface area contributed by atoms with Gasteiger partial charge in [0.2, 0.25) is 0 Å². The van der Waals surface area contributed by atoms with Crippen LogP contribution in [-0.2, 0) is 0 Å². The SMILES string of the molecule is CCN/C=C(\C)c1ccccc1OCC(C)c1ccccc1Cl. The number of benzene rings is 2. The monoisotopic (exact) mass is 329 g/mol. The Morgan fingerprint density at radius 3 is 2.61 bits per heavy atom. The third-order valence-corrected chi connectivity index (χ3v) is 4.10. The lowest BCUT2D eigenvalue weighted by molar-refractivity contribution is 0.295. The van der Waals surface area contributed by atoms with E-state index in [9.17, 15) is 0 Å². The van der Waals surface area contributed by atoms with Crippen LogP contribution in [0.15, 0.2) is 54.7 Å². The van der Waals surface area contributed by atoms with Crippen LogP contribution in [-0.4, -0.2) is 13.2 Å². The lowest BCUT2D eigenvalue weighted by Crippen LogP contribution is -2.09. The van der Waals surface area contributed by atoms with Crippen LogP contribution in [0.5, 0.6) is 5.75 Å². The molecule has 0 heterocycles. The maximum atomic E-state index is 6.27. The van der Waals surface area contributed by atoms with Crippen molar-refractivity contribution in [2.75, 3.05) is 13.2 Å². The van der Waals surface area contributed by atoms with E-state index in [4.69, 9.17) is 16.3 Å². The number of ether oxygens (including phenoxy) is 1. The highest BCUT2D eigenvalue weighted by atomic mass is 35.5. The second kappa shape index (κ2) is 8.64. The van der Waals surface area contributed by atoms with Crippen molar-refractivity contribution in [3.63, 3.8) is 0 Å². The zero-order chi connectivity index (χ0) is 16.7. The number of hydrogen-bond acceptors (Lipinski definition) is 2. The molecular formula is C20H24ClNO. The summed E-state index contributed by atoms with van der Waals surface area (Å²) >= 11 is 6.27. The first-order valence-electron chi connectivity index (χ1n) is 8.00. The van der Waals surface area contributed by atoms with Gasteiger partial charge in [-0.2, -0.15) is 0 Å². The molecule has 0 saturated carbocycles. The van der Waals surface area contributed by atoms with Gasteiger partial charge in [0.25, 0.3) is 0 Å². The Morgan fingerprint density at radius 1 is 1.17 bits per heavy atom. The van der Waals surface area contributed by atoms with E-state index in [1.165, 1.54) is 0 Å². The Morgan fingerprint density at radius 2 is 1.87 bits per heavy atom. The number of halogens is 1. The predicted molar refractivity (Wildman–Crippen MR) is 99.1 cm³/mol. The molecule has 0 spiro atoms. The smallest absolute Gasteiger partial charge is 0.126 e. The fourth-order valence-corrected chi connectivity index (χ4v) is 2.75. The minimum Gasteiger partial charge on any atom is -0.492 e. The molecular weight excluding hydrogens is 306 g/mol. The summed E-state index contributed by atoms with van der Waals surface area (Å²) in [6.45, 7) is 7.80. The number of rotatable bonds is 7. The molecule has 1 unspecified atom stereocenters. The van der Waals surface area contributed by atoms with E-state index in [0.29, 0.717) is 6.61 Å². The number of para-hydroxylation sites is 1. The topological polar surface area (TPSA) is 21.3 Å². The van der Waals surface area contributed by atoms with Crippen LogP contribution in [0.4, 0.5) is 0 Å². The minimum absolute atomic E-state index is 0.231. The van der Waals surface area contributed by atoms with E-state index in [2.05, 4.69) is 38.2 Å². The molecule has 2 aromatic carbocycles. The normalized spacial score (nSPS) is 12.8. The number of nitrogens with one attached hydrogen (secondary N) is 1. The lowest BCUT2D eigenvalue weighted by atomic mass is 10.0. The van der Waals surface area contributed by atoms with Gasteiger partial charge < -0.3 is 10.1 Å². The molecule has 2 aromatic rings. The van der Waals surface area contributed by atoms with Crippen molar-refractivity contribution in [3.8, 4) is 5.75 Å². The van der Waals surface area contributed by atoms with Crippen LogP contribution in [0.3, 0.4) is 0 Å². The standard InChI is InChI=1S/C20H24ClNO/c1-4-22-13-15(2)18-10-6-8-12-20(18)23-14-16(3)17-9-5-7-11-19(17)21/h5-13,16,22H,4,14H2,1-3H3/b15-13+. The Balaban J connectivity index is 2.10. The third-order valence-electron chi connectivity index (χ3n) is 3.76. The molecule has 0 amide bonds. The van der Waals surface area contributed by atoms with Crippen molar-refractivity contribution in [2.45, 2.75) is 26.7 Å². The molecule has 0 aliphatic carbocycles. The minimum atomic E-state index is 0.231. The van der Waals surface area contributed by atoms with Crippen molar-refractivity contribution < 1.29 is 4.74 Å². The van der Waals surface area contributed by atoms with E-state index < -0.39 is 0 Å². The first kappa shape index (κ1) is 17.4. The van der Waals surface area contributed by atoms with E-state index in [0.717, 1.165) is 34.0 Å². The highest BCUT2D eigenvalue weighted by Crippen LogP contribution is 2.28. The van der Waals surface area contributed by atoms with Gasteiger partial charge in [0, 0.05) is 29.2 Å². The van der Waals surface area contributed by atoms with Crippen LogP contribution in [0.2, 0.25) is 5.02 Å². The molecule has 0 aliphatic heterocycles. The summed E-state index contributed by atoms with van der Waals surface area (Å²) in [6.07, 6.45) is 2.03. The van der Waals surface area contributed by atoms with Gasteiger partial charge in [-0.25, -0.2) is 0 Å². The summed E-state index contributed by atoms with van der Waals surface area (Å²) in [6, 6.07) is 16.1. The summed E-state index contributed by atoms with van der Waals surface area (Å²) in [4.78, 5) is 0. The van der Waals surface area contributed by atoms with Gasteiger partial charge in [0.05, 0.1) is 6.61 Å². The molecule has 0 fully saturated rings. The summed E-state index contributed by atoms with van der Waals surface area (Å²) in [5.41, 5.74) is 3.39. The molecule has 122 valence electrons. The molecule has 1 atom stereocenters. The summed E-state index contributed by atoms with van der Waals surface area (Å²) < 4.78 is 6.08.